The van der Waals surface area contributed by atoms with Crippen molar-refractivity contribution < 1.29 is 4.39 Å². The maximum Gasteiger partial charge on any atom is 0.131 e. The standard InChI is InChI=1S/C17H18FN/c1-3-6-17(19)15-8-5-4-7-13(15)14-10-9-12(2)11-16(14)18/h3-5,7-11,17H,1,6,19H2,2H3. The van der Waals surface area contributed by atoms with Crippen LogP contribution in [0.3, 0.4) is 0 Å². The molecule has 0 bridgehead atoms. The second-order valence-corrected chi connectivity index (χ2v) is 4.70. The first-order chi connectivity index (χ1) is 9.13. The van der Waals surface area contributed by atoms with Crippen molar-refractivity contribution in [2.45, 2.75) is 19.4 Å². The molecule has 0 saturated carbocycles. The predicted molar refractivity (Wildman–Crippen MR) is 78.3 cm³/mol. The lowest BCUT2D eigenvalue weighted by molar-refractivity contribution is 0.629. The lowest BCUT2D eigenvalue weighted by Crippen LogP contribution is -2.10. The average Bonchev–Trinajstić information content (AvgIpc) is 2.39. The van der Waals surface area contributed by atoms with Crippen LogP contribution in [0, 0.1) is 12.7 Å². The Bertz CT molecular complexity index is 590. The van der Waals surface area contributed by atoms with Crippen LogP contribution in [-0.4, -0.2) is 0 Å². The molecule has 1 unspecified atom stereocenters. The summed E-state index contributed by atoms with van der Waals surface area (Å²) in [4.78, 5) is 0. The van der Waals surface area contributed by atoms with Crippen LogP contribution in [-0.2, 0) is 0 Å². The van der Waals surface area contributed by atoms with Crippen LogP contribution in [0.5, 0.6) is 0 Å². The minimum Gasteiger partial charge on any atom is -0.324 e. The molecule has 0 fully saturated rings. The van der Waals surface area contributed by atoms with E-state index in [1.165, 1.54) is 0 Å². The number of halogens is 1. The zero-order valence-electron chi connectivity index (χ0n) is 11.1. The van der Waals surface area contributed by atoms with Gasteiger partial charge >= 0.3 is 0 Å². The summed E-state index contributed by atoms with van der Waals surface area (Å²) in [6.45, 7) is 5.58. The highest BCUT2D eigenvalue weighted by molar-refractivity contribution is 5.69. The van der Waals surface area contributed by atoms with Crippen molar-refractivity contribution >= 4 is 0 Å². The fourth-order valence-electron chi connectivity index (χ4n) is 2.21. The van der Waals surface area contributed by atoms with Gasteiger partial charge < -0.3 is 5.73 Å². The number of nitrogens with two attached hydrogens (primary N) is 1. The summed E-state index contributed by atoms with van der Waals surface area (Å²) in [5, 5.41) is 0. The second-order valence-electron chi connectivity index (χ2n) is 4.70. The minimum atomic E-state index is -0.210. The van der Waals surface area contributed by atoms with E-state index in [-0.39, 0.29) is 11.9 Å². The molecule has 1 nitrogen and oxygen atoms in total. The van der Waals surface area contributed by atoms with Gasteiger partial charge in [-0.15, -0.1) is 6.58 Å². The lowest BCUT2D eigenvalue weighted by Gasteiger charge is -2.16. The first-order valence-corrected chi connectivity index (χ1v) is 6.35. The predicted octanol–water partition coefficient (Wildman–Crippen LogP) is 4.38. The Labute approximate surface area is 113 Å². The number of aryl methyl sites for hydroxylation is 1. The smallest absolute Gasteiger partial charge is 0.131 e. The van der Waals surface area contributed by atoms with E-state index in [4.69, 9.17) is 5.73 Å². The van der Waals surface area contributed by atoms with Gasteiger partial charge in [-0.05, 0) is 36.1 Å². The molecule has 0 saturated heterocycles. The van der Waals surface area contributed by atoms with Crippen LogP contribution >= 0.6 is 0 Å². The van der Waals surface area contributed by atoms with Gasteiger partial charge in [0, 0.05) is 11.6 Å². The topological polar surface area (TPSA) is 26.0 Å². The van der Waals surface area contributed by atoms with Crippen molar-refractivity contribution in [3.63, 3.8) is 0 Å². The van der Waals surface area contributed by atoms with Gasteiger partial charge in [0.25, 0.3) is 0 Å². The van der Waals surface area contributed by atoms with E-state index in [9.17, 15) is 4.39 Å². The zero-order chi connectivity index (χ0) is 13.8. The summed E-state index contributed by atoms with van der Waals surface area (Å²) < 4.78 is 14.1. The number of rotatable bonds is 4. The lowest BCUT2D eigenvalue weighted by atomic mass is 9.93. The molecule has 2 N–H and O–H groups in total. The Morgan fingerprint density at radius 2 is 1.95 bits per heavy atom. The van der Waals surface area contributed by atoms with E-state index in [1.807, 2.05) is 43.3 Å². The molecule has 2 aromatic carbocycles. The Hall–Kier alpha value is -1.93. The summed E-state index contributed by atoms with van der Waals surface area (Å²) in [5.41, 5.74) is 9.44. The van der Waals surface area contributed by atoms with Gasteiger partial charge in [0.05, 0.1) is 0 Å². The Morgan fingerprint density at radius 1 is 1.21 bits per heavy atom. The highest BCUT2D eigenvalue weighted by Crippen LogP contribution is 2.30. The van der Waals surface area contributed by atoms with Crippen LogP contribution in [0.4, 0.5) is 4.39 Å². The van der Waals surface area contributed by atoms with Gasteiger partial charge in [-0.3, -0.25) is 0 Å². The molecule has 0 aliphatic carbocycles. The molecule has 0 heterocycles. The molecule has 2 heteroatoms. The van der Waals surface area contributed by atoms with Crippen molar-refractivity contribution in [3.05, 3.63) is 72.1 Å². The number of hydrogen-bond acceptors (Lipinski definition) is 1. The summed E-state index contributed by atoms with van der Waals surface area (Å²) >= 11 is 0. The fraction of sp³-hybridized carbons (Fsp3) is 0.176. The molecule has 19 heavy (non-hydrogen) atoms. The first kappa shape index (κ1) is 13.5. The third-order valence-electron chi connectivity index (χ3n) is 3.20. The fourth-order valence-corrected chi connectivity index (χ4v) is 2.21. The third kappa shape index (κ3) is 2.91. The van der Waals surface area contributed by atoms with E-state index >= 15 is 0 Å². The van der Waals surface area contributed by atoms with E-state index in [0.717, 1.165) is 16.7 Å². The van der Waals surface area contributed by atoms with Crippen LogP contribution in [0.1, 0.15) is 23.6 Å². The highest BCUT2D eigenvalue weighted by atomic mass is 19.1. The summed E-state index contributed by atoms with van der Waals surface area (Å²) in [7, 11) is 0. The first-order valence-electron chi connectivity index (χ1n) is 6.35. The molecule has 0 aromatic heterocycles. The molecule has 0 aliphatic rings. The highest BCUT2D eigenvalue weighted by Gasteiger charge is 2.13. The molecule has 2 rings (SSSR count). The Kier molecular flexibility index (Phi) is 4.13. The number of hydrogen-bond donors (Lipinski definition) is 1. The molecule has 1 atom stereocenters. The summed E-state index contributed by atoms with van der Waals surface area (Å²) in [6.07, 6.45) is 2.46. The van der Waals surface area contributed by atoms with Crippen LogP contribution in [0.15, 0.2) is 55.1 Å². The molecule has 98 valence electrons. The Morgan fingerprint density at radius 3 is 2.63 bits per heavy atom. The van der Waals surface area contributed by atoms with Crippen LogP contribution < -0.4 is 5.73 Å². The van der Waals surface area contributed by atoms with Gasteiger partial charge in [-0.2, -0.15) is 0 Å². The van der Waals surface area contributed by atoms with Gasteiger partial charge in [0.2, 0.25) is 0 Å². The van der Waals surface area contributed by atoms with Crippen LogP contribution in [0.2, 0.25) is 0 Å². The molecular formula is C17H18FN. The molecule has 0 radical (unpaired) electrons. The quantitative estimate of drug-likeness (QED) is 0.806. The van der Waals surface area contributed by atoms with Crippen molar-refractivity contribution in [1.82, 2.24) is 0 Å². The van der Waals surface area contributed by atoms with E-state index < -0.39 is 0 Å². The molecule has 0 aliphatic heterocycles. The Balaban J connectivity index is 2.52. The summed E-state index contributed by atoms with van der Waals surface area (Å²) in [5.74, 6) is -0.210. The SMILES string of the molecule is C=CCC(N)c1ccccc1-c1ccc(C)cc1F. The average molecular weight is 255 g/mol. The zero-order valence-corrected chi connectivity index (χ0v) is 11.1. The van der Waals surface area contributed by atoms with E-state index in [1.54, 1.807) is 12.1 Å². The van der Waals surface area contributed by atoms with Gasteiger partial charge in [0.1, 0.15) is 5.82 Å². The van der Waals surface area contributed by atoms with Gasteiger partial charge in [0.15, 0.2) is 0 Å². The van der Waals surface area contributed by atoms with E-state index in [0.29, 0.717) is 12.0 Å². The second kappa shape index (κ2) is 5.81. The molecule has 0 spiro atoms. The van der Waals surface area contributed by atoms with Crippen molar-refractivity contribution in [1.29, 1.82) is 0 Å². The molecule has 2 aromatic rings. The van der Waals surface area contributed by atoms with Crippen molar-refractivity contribution in [2.24, 2.45) is 5.73 Å². The van der Waals surface area contributed by atoms with Crippen molar-refractivity contribution in [3.8, 4) is 11.1 Å². The van der Waals surface area contributed by atoms with E-state index in [2.05, 4.69) is 6.58 Å². The van der Waals surface area contributed by atoms with Crippen molar-refractivity contribution in [2.75, 3.05) is 0 Å². The number of benzene rings is 2. The maximum absolute atomic E-state index is 14.1. The summed E-state index contributed by atoms with van der Waals surface area (Å²) in [6, 6.07) is 12.8. The van der Waals surface area contributed by atoms with Gasteiger partial charge in [-0.1, -0.05) is 42.5 Å². The monoisotopic (exact) mass is 255 g/mol. The third-order valence-corrected chi connectivity index (χ3v) is 3.20. The minimum absolute atomic E-state index is 0.158. The molecular weight excluding hydrogens is 237 g/mol. The maximum atomic E-state index is 14.1. The van der Waals surface area contributed by atoms with Gasteiger partial charge in [-0.25, -0.2) is 4.39 Å². The van der Waals surface area contributed by atoms with Crippen LogP contribution in [0.25, 0.3) is 11.1 Å². The largest absolute Gasteiger partial charge is 0.324 e. The normalized spacial score (nSPS) is 12.2. The molecule has 0 amide bonds.